The molecule has 0 aromatic heterocycles. The summed E-state index contributed by atoms with van der Waals surface area (Å²) in [4.78, 5) is 14.9. The number of carbonyl (C=O) groups is 1. The first-order valence-corrected chi connectivity index (χ1v) is 11.7. The molecule has 1 aliphatic heterocycles. The summed E-state index contributed by atoms with van der Waals surface area (Å²) in [7, 11) is -3.54. The van der Waals surface area contributed by atoms with Crippen LogP contribution in [0.2, 0.25) is 0 Å². The number of hydrogen-bond donors (Lipinski definition) is 0. The Labute approximate surface area is 174 Å². The van der Waals surface area contributed by atoms with Gasteiger partial charge in [-0.25, -0.2) is 8.42 Å². The molecule has 0 aliphatic carbocycles. The Bertz CT molecular complexity index is 916. The Balaban J connectivity index is 1.75. The maximum Gasteiger partial charge on any atom is 0.254 e. The Morgan fingerprint density at radius 1 is 1.00 bits per heavy atom. The third kappa shape index (κ3) is 5.06. The lowest BCUT2D eigenvalue weighted by Crippen LogP contribution is -2.42. The smallest absolute Gasteiger partial charge is 0.254 e. The van der Waals surface area contributed by atoms with E-state index in [0.717, 1.165) is 12.0 Å². The van der Waals surface area contributed by atoms with Crippen molar-refractivity contribution >= 4 is 15.9 Å². The molecule has 2 aromatic rings. The van der Waals surface area contributed by atoms with Crippen molar-refractivity contribution < 1.29 is 13.2 Å². The summed E-state index contributed by atoms with van der Waals surface area (Å²) in [6.45, 7) is 8.33. The van der Waals surface area contributed by atoms with Crippen LogP contribution in [0.4, 0.5) is 0 Å². The van der Waals surface area contributed by atoms with Gasteiger partial charge in [-0.1, -0.05) is 44.2 Å². The highest BCUT2D eigenvalue weighted by Gasteiger charge is 2.31. The zero-order valence-corrected chi connectivity index (χ0v) is 18.2. The van der Waals surface area contributed by atoms with Crippen molar-refractivity contribution in [3.05, 3.63) is 65.7 Å². The van der Waals surface area contributed by atoms with Gasteiger partial charge in [-0.15, -0.1) is 0 Å². The van der Waals surface area contributed by atoms with E-state index in [9.17, 15) is 13.2 Å². The summed E-state index contributed by atoms with van der Waals surface area (Å²) in [5.74, 6) is 0.608. The van der Waals surface area contributed by atoms with Crippen LogP contribution in [0.15, 0.2) is 59.5 Å². The van der Waals surface area contributed by atoms with Gasteiger partial charge in [0.2, 0.25) is 10.0 Å². The first kappa shape index (κ1) is 21.5. The SMILES string of the molecule is CCN(Cc1ccccc1)C(=O)c1ccc(S(=O)(=O)N2CC(C)CC(C)C2)cc1. The van der Waals surface area contributed by atoms with E-state index in [1.807, 2.05) is 37.3 Å². The minimum absolute atomic E-state index is 0.0967. The van der Waals surface area contributed by atoms with Crippen molar-refractivity contribution in [3.63, 3.8) is 0 Å². The molecular formula is C23H30N2O3S. The molecule has 2 aromatic carbocycles. The maximum absolute atomic E-state index is 13.0. The lowest BCUT2D eigenvalue weighted by atomic mass is 9.94. The van der Waals surface area contributed by atoms with E-state index in [1.165, 1.54) is 0 Å². The van der Waals surface area contributed by atoms with Crippen molar-refractivity contribution in [2.45, 2.75) is 38.6 Å². The number of carbonyl (C=O) groups excluding carboxylic acids is 1. The van der Waals surface area contributed by atoms with Crippen LogP contribution in [0.5, 0.6) is 0 Å². The van der Waals surface area contributed by atoms with Gasteiger partial charge in [0, 0.05) is 31.7 Å². The van der Waals surface area contributed by atoms with E-state index >= 15 is 0 Å². The van der Waals surface area contributed by atoms with Gasteiger partial charge < -0.3 is 4.90 Å². The number of piperidine rings is 1. The number of hydrogen-bond acceptors (Lipinski definition) is 3. The summed E-state index contributed by atoms with van der Waals surface area (Å²) in [5, 5.41) is 0. The van der Waals surface area contributed by atoms with Crippen molar-refractivity contribution in [1.29, 1.82) is 0 Å². The summed E-state index contributed by atoms with van der Waals surface area (Å²) >= 11 is 0. The number of amides is 1. The predicted molar refractivity (Wildman–Crippen MR) is 115 cm³/mol. The summed E-state index contributed by atoms with van der Waals surface area (Å²) < 4.78 is 27.6. The highest BCUT2D eigenvalue weighted by Crippen LogP contribution is 2.27. The van der Waals surface area contributed by atoms with Gasteiger partial charge in [0.15, 0.2) is 0 Å². The van der Waals surface area contributed by atoms with E-state index in [-0.39, 0.29) is 10.8 Å². The topological polar surface area (TPSA) is 57.7 Å². The Kier molecular flexibility index (Phi) is 6.75. The third-order valence-corrected chi connectivity index (χ3v) is 7.31. The largest absolute Gasteiger partial charge is 0.335 e. The van der Waals surface area contributed by atoms with Crippen LogP contribution in [-0.4, -0.2) is 43.2 Å². The lowest BCUT2D eigenvalue weighted by Gasteiger charge is -2.34. The lowest BCUT2D eigenvalue weighted by molar-refractivity contribution is 0.0752. The molecule has 2 atom stereocenters. The van der Waals surface area contributed by atoms with Crippen LogP contribution in [0.3, 0.4) is 0 Å². The minimum atomic E-state index is -3.54. The second kappa shape index (κ2) is 9.09. The molecule has 1 saturated heterocycles. The van der Waals surface area contributed by atoms with Crippen LogP contribution in [-0.2, 0) is 16.6 Å². The molecule has 0 radical (unpaired) electrons. The molecule has 1 aliphatic rings. The van der Waals surface area contributed by atoms with Crippen LogP contribution in [0.25, 0.3) is 0 Å². The third-order valence-electron chi connectivity index (χ3n) is 5.46. The Morgan fingerprint density at radius 3 is 2.14 bits per heavy atom. The van der Waals surface area contributed by atoms with Crippen LogP contribution in [0, 0.1) is 11.8 Å². The molecule has 0 bridgehead atoms. The molecule has 5 nitrogen and oxygen atoms in total. The fourth-order valence-corrected chi connectivity index (χ4v) is 5.71. The molecule has 2 unspecified atom stereocenters. The van der Waals surface area contributed by atoms with E-state index < -0.39 is 10.0 Å². The quantitative estimate of drug-likeness (QED) is 0.717. The number of sulfonamides is 1. The Morgan fingerprint density at radius 2 is 1.59 bits per heavy atom. The van der Waals surface area contributed by atoms with Crippen LogP contribution >= 0.6 is 0 Å². The fraction of sp³-hybridized carbons (Fsp3) is 0.435. The highest BCUT2D eigenvalue weighted by molar-refractivity contribution is 7.89. The van der Waals surface area contributed by atoms with Gasteiger partial charge in [-0.2, -0.15) is 4.31 Å². The molecule has 0 spiro atoms. The maximum atomic E-state index is 13.0. The Hall–Kier alpha value is -2.18. The normalized spacial score (nSPS) is 20.4. The van der Waals surface area contributed by atoms with Crippen molar-refractivity contribution in [2.75, 3.05) is 19.6 Å². The molecular weight excluding hydrogens is 384 g/mol. The number of benzene rings is 2. The summed E-state index contributed by atoms with van der Waals surface area (Å²) in [6.07, 6.45) is 1.05. The monoisotopic (exact) mass is 414 g/mol. The van der Waals surface area contributed by atoms with Crippen LogP contribution in [0.1, 0.15) is 43.1 Å². The zero-order valence-electron chi connectivity index (χ0n) is 17.4. The first-order chi connectivity index (χ1) is 13.8. The van der Waals surface area contributed by atoms with Gasteiger partial charge in [-0.3, -0.25) is 4.79 Å². The van der Waals surface area contributed by atoms with E-state index in [1.54, 1.807) is 33.5 Å². The number of nitrogens with zero attached hydrogens (tertiary/aromatic N) is 2. The van der Waals surface area contributed by atoms with Crippen LogP contribution < -0.4 is 0 Å². The molecule has 156 valence electrons. The molecule has 0 saturated carbocycles. The zero-order chi connectivity index (χ0) is 21.0. The van der Waals surface area contributed by atoms with Crippen molar-refractivity contribution in [2.24, 2.45) is 11.8 Å². The molecule has 1 heterocycles. The van der Waals surface area contributed by atoms with E-state index in [2.05, 4.69) is 13.8 Å². The molecule has 1 fully saturated rings. The van der Waals surface area contributed by atoms with Gasteiger partial charge >= 0.3 is 0 Å². The predicted octanol–water partition coefficient (Wildman–Crippen LogP) is 4.02. The number of rotatable bonds is 6. The standard InChI is InChI=1S/C23H30N2O3S/c1-4-24(17-20-8-6-5-7-9-20)23(26)21-10-12-22(13-11-21)29(27,28)25-15-18(2)14-19(3)16-25/h5-13,18-19H,4,14-17H2,1-3H3. The van der Waals surface area contributed by atoms with Gasteiger partial charge in [0.25, 0.3) is 5.91 Å². The second-order valence-corrected chi connectivity index (χ2v) is 10.0. The summed E-state index contributed by atoms with van der Waals surface area (Å²) in [5.41, 5.74) is 1.57. The molecule has 0 N–H and O–H groups in total. The van der Waals surface area contributed by atoms with E-state index in [4.69, 9.17) is 0 Å². The average molecular weight is 415 g/mol. The summed E-state index contributed by atoms with van der Waals surface area (Å²) in [6, 6.07) is 16.2. The molecule has 3 rings (SSSR count). The second-order valence-electron chi connectivity index (χ2n) is 8.10. The minimum Gasteiger partial charge on any atom is -0.335 e. The first-order valence-electron chi connectivity index (χ1n) is 10.2. The fourth-order valence-electron chi connectivity index (χ4n) is 4.03. The van der Waals surface area contributed by atoms with Gasteiger partial charge in [-0.05, 0) is 55.0 Å². The molecule has 6 heteroatoms. The van der Waals surface area contributed by atoms with Gasteiger partial charge in [0.05, 0.1) is 4.90 Å². The average Bonchev–Trinajstić information content (AvgIpc) is 2.71. The highest BCUT2D eigenvalue weighted by atomic mass is 32.2. The van der Waals surface area contributed by atoms with E-state index in [0.29, 0.717) is 43.6 Å². The van der Waals surface area contributed by atoms with Crippen molar-refractivity contribution in [1.82, 2.24) is 9.21 Å². The van der Waals surface area contributed by atoms with Gasteiger partial charge in [0.1, 0.15) is 0 Å². The molecule has 1 amide bonds. The van der Waals surface area contributed by atoms with Crippen molar-refractivity contribution in [3.8, 4) is 0 Å². The molecule has 29 heavy (non-hydrogen) atoms.